The van der Waals surface area contributed by atoms with Crippen molar-refractivity contribution in [2.24, 2.45) is 52.3 Å². The molecule has 4 saturated carbocycles. The smallest absolute Gasteiger partial charge is 0.335 e. The number of rotatable bonds is 7. The van der Waals surface area contributed by atoms with Crippen molar-refractivity contribution < 1.29 is 20.1 Å². The summed E-state index contributed by atoms with van der Waals surface area (Å²) in [5, 5.41) is 32.0. The molecule has 37 heavy (non-hydrogen) atoms. The predicted molar refractivity (Wildman–Crippen MR) is 147 cm³/mol. The van der Waals surface area contributed by atoms with Crippen molar-refractivity contribution in [1.82, 2.24) is 0 Å². The second-order valence-corrected chi connectivity index (χ2v) is 14.0. The highest BCUT2D eigenvalue weighted by Crippen LogP contribution is 2.69. The number of carbonyl (C=O) groups is 1. The lowest BCUT2D eigenvalue weighted by Crippen LogP contribution is -2.62. The zero-order valence-electron chi connectivity index (χ0n) is 23.5. The van der Waals surface area contributed by atoms with Crippen LogP contribution in [-0.2, 0) is 6.42 Å². The molecular weight excluding hydrogens is 460 g/mol. The van der Waals surface area contributed by atoms with Gasteiger partial charge in [0.1, 0.15) is 0 Å². The Kier molecular flexibility index (Phi) is 7.57. The lowest BCUT2D eigenvalue weighted by molar-refractivity contribution is -0.203. The van der Waals surface area contributed by atoms with Crippen LogP contribution in [0, 0.1) is 52.3 Å². The number of aliphatic hydroxyl groups is 2. The van der Waals surface area contributed by atoms with Crippen LogP contribution in [0.25, 0.3) is 0 Å². The molecule has 1 aromatic rings. The Morgan fingerprint density at radius 3 is 2.43 bits per heavy atom. The van der Waals surface area contributed by atoms with Crippen LogP contribution in [-0.4, -0.2) is 33.5 Å². The number of aromatic carboxylic acids is 1. The number of fused-ring (bicyclic) bond motifs is 5. The molecule has 4 aliphatic carbocycles. The monoisotopic (exact) mass is 510 g/mol. The average Bonchev–Trinajstić information content (AvgIpc) is 3.22. The van der Waals surface area contributed by atoms with Crippen LogP contribution < -0.4 is 0 Å². The number of aryl methyl sites for hydroxylation is 1. The van der Waals surface area contributed by atoms with E-state index < -0.39 is 5.97 Å². The molecule has 0 aromatic heterocycles. The highest BCUT2D eigenvalue weighted by molar-refractivity contribution is 5.89. The fourth-order valence-corrected chi connectivity index (χ4v) is 10.7. The molecule has 0 spiro atoms. The Morgan fingerprint density at radius 1 is 1.00 bits per heavy atom. The van der Waals surface area contributed by atoms with E-state index >= 15 is 0 Å². The first-order chi connectivity index (χ1) is 17.6. The van der Waals surface area contributed by atoms with Crippen molar-refractivity contribution in [1.29, 1.82) is 0 Å². The zero-order valence-corrected chi connectivity index (χ0v) is 23.5. The normalized spacial score (nSPS) is 43.9. The third-order valence-electron chi connectivity index (χ3n) is 12.5. The summed E-state index contributed by atoms with van der Waals surface area (Å²) in [5.74, 6) is 2.81. The van der Waals surface area contributed by atoms with Crippen molar-refractivity contribution in [3.8, 4) is 0 Å². The number of hydrogen-bond donors (Lipinski definition) is 3. The van der Waals surface area contributed by atoms with E-state index in [0.29, 0.717) is 47.0 Å². The number of hydrogen-bond acceptors (Lipinski definition) is 3. The van der Waals surface area contributed by atoms with Crippen LogP contribution in [0.3, 0.4) is 0 Å². The van der Waals surface area contributed by atoms with Gasteiger partial charge >= 0.3 is 5.97 Å². The minimum Gasteiger partial charge on any atom is -0.478 e. The molecule has 0 radical (unpaired) electrons. The highest BCUT2D eigenvalue weighted by Gasteiger charge is 2.64. The van der Waals surface area contributed by atoms with Crippen molar-refractivity contribution in [3.05, 3.63) is 35.4 Å². The van der Waals surface area contributed by atoms with Gasteiger partial charge < -0.3 is 15.3 Å². The third kappa shape index (κ3) is 4.48. The van der Waals surface area contributed by atoms with Crippen LogP contribution in [0.2, 0.25) is 0 Å². The Balaban J connectivity index is 1.30. The molecule has 4 heteroatoms. The van der Waals surface area contributed by atoms with Gasteiger partial charge in [-0.3, -0.25) is 0 Å². The van der Waals surface area contributed by atoms with Crippen LogP contribution in [0.5, 0.6) is 0 Å². The van der Waals surface area contributed by atoms with E-state index in [1.807, 2.05) is 18.2 Å². The van der Waals surface area contributed by atoms with Crippen molar-refractivity contribution >= 4 is 5.97 Å². The molecule has 0 amide bonds. The summed E-state index contributed by atoms with van der Waals surface area (Å²) in [5.41, 5.74) is 1.94. The molecule has 206 valence electrons. The van der Waals surface area contributed by atoms with Crippen LogP contribution >= 0.6 is 0 Å². The quantitative estimate of drug-likeness (QED) is 0.370. The summed E-state index contributed by atoms with van der Waals surface area (Å²) < 4.78 is 0. The lowest BCUT2D eigenvalue weighted by atomic mass is 9.41. The van der Waals surface area contributed by atoms with E-state index in [0.717, 1.165) is 50.5 Å². The summed E-state index contributed by atoms with van der Waals surface area (Å²) in [4.78, 5) is 11.6. The van der Waals surface area contributed by atoms with Gasteiger partial charge in [-0.1, -0.05) is 58.7 Å². The van der Waals surface area contributed by atoms with Gasteiger partial charge in [-0.2, -0.15) is 0 Å². The summed E-state index contributed by atoms with van der Waals surface area (Å²) in [6, 6.07) is 7.45. The molecule has 4 fully saturated rings. The van der Waals surface area contributed by atoms with E-state index in [-0.39, 0.29) is 23.0 Å². The average molecular weight is 511 g/mol. The van der Waals surface area contributed by atoms with Gasteiger partial charge in [0.2, 0.25) is 0 Å². The first-order valence-corrected chi connectivity index (χ1v) is 15.3. The summed E-state index contributed by atoms with van der Waals surface area (Å²) in [6.07, 6.45) is 11.5. The van der Waals surface area contributed by atoms with E-state index in [9.17, 15) is 20.1 Å². The van der Waals surface area contributed by atoms with Crippen molar-refractivity contribution in [2.75, 3.05) is 0 Å². The van der Waals surface area contributed by atoms with Crippen LogP contribution in [0.4, 0.5) is 0 Å². The van der Waals surface area contributed by atoms with Gasteiger partial charge in [-0.25, -0.2) is 4.79 Å². The fraction of sp³-hybridized carbons (Fsp3) is 0.788. The molecule has 5 rings (SSSR count). The Bertz CT molecular complexity index is 975. The number of aliphatic hydroxyl groups excluding tert-OH is 2. The molecular formula is C33H50O4. The van der Waals surface area contributed by atoms with E-state index in [1.54, 1.807) is 6.07 Å². The predicted octanol–water partition coefficient (Wildman–Crippen LogP) is 6.97. The van der Waals surface area contributed by atoms with E-state index in [4.69, 9.17) is 0 Å². The first-order valence-electron chi connectivity index (χ1n) is 15.3. The number of carboxylic acids is 1. The second kappa shape index (κ2) is 10.3. The summed E-state index contributed by atoms with van der Waals surface area (Å²) in [6.45, 7) is 9.75. The minimum atomic E-state index is -0.827. The molecule has 4 aliphatic rings. The molecule has 0 bridgehead atoms. The van der Waals surface area contributed by atoms with Gasteiger partial charge in [0.25, 0.3) is 0 Å². The lowest BCUT2D eigenvalue weighted by Gasteiger charge is -2.64. The molecule has 0 saturated heterocycles. The fourth-order valence-electron chi connectivity index (χ4n) is 10.7. The number of carboxylic acid groups (broad SMARTS) is 1. The summed E-state index contributed by atoms with van der Waals surface area (Å²) in [7, 11) is 0. The molecule has 0 heterocycles. The highest BCUT2D eigenvalue weighted by atomic mass is 16.4. The third-order valence-corrected chi connectivity index (χ3v) is 12.5. The maximum Gasteiger partial charge on any atom is 0.335 e. The van der Waals surface area contributed by atoms with Crippen molar-refractivity contribution in [2.45, 2.75) is 111 Å². The zero-order chi connectivity index (χ0) is 26.5. The molecule has 1 aromatic carbocycles. The standard InChI is InChI=1S/C33H50O4/c1-5-23-28-19-22(34)15-17-33(28,4)27-16-18-32(3)25(13-14-26(32)29(27)30(23)35)20(2)9-8-11-21-10-6-7-12-24(21)31(36)37/h6-7,10,12,20,22-23,25-30,34-35H,5,8-9,11,13-19H2,1-4H3,(H,36,37)/t20-,22-,23-,25-,26+,27+,28?,29?,30-,32?,33-/m1/s1. The van der Waals surface area contributed by atoms with Crippen molar-refractivity contribution in [3.63, 3.8) is 0 Å². The summed E-state index contributed by atoms with van der Waals surface area (Å²) >= 11 is 0. The maximum absolute atomic E-state index is 11.9. The SMILES string of the molecule is CC[C@@H]1C2C[C@H](O)CC[C@]2(C)[C@H]2CCC3(C)[C@@H]([C@H](C)CCCc4ccccc4C(=O)O)CC[C@H]3C2[C@@H]1O. The van der Waals surface area contributed by atoms with Gasteiger partial charge in [0.15, 0.2) is 0 Å². The number of benzene rings is 1. The molecule has 4 nitrogen and oxygen atoms in total. The van der Waals surface area contributed by atoms with Gasteiger partial charge in [0.05, 0.1) is 17.8 Å². The van der Waals surface area contributed by atoms with Crippen LogP contribution in [0.15, 0.2) is 24.3 Å². The minimum absolute atomic E-state index is 0.191. The first kappa shape index (κ1) is 27.2. The van der Waals surface area contributed by atoms with Gasteiger partial charge in [-0.05, 0) is 122 Å². The van der Waals surface area contributed by atoms with E-state index in [2.05, 4.69) is 27.7 Å². The van der Waals surface area contributed by atoms with Gasteiger partial charge in [-0.15, -0.1) is 0 Å². The Hall–Kier alpha value is -1.39. The van der Waals surface area contributed by atoms with E-state index in [1.165, 1.54) is 25.7 Å². The molecule has 0 aliphatic heterocycles. The Labute approximate surface area is 224 Å². The largest absolute Gasteiger partial charge is 0.478 e. The topological polar surface area (TPSA) is 77.8 Å². The van der Waals surface area contributed by atoms with Gasteiger partial charge in [0, 0.05) is 0 Å². The second-order valence-electron chi connectivity index (χ2n) is 14.0. The molecule has 3 N–H and O–H groups in total. The molecule has 3 unspecified atom stereocenters. The maximum atomic E-state index is 11.9. The Morgan fingerprint density at radius 2 is 1.70 bits per heavy atom. The molecule has 11 atom stereocenters. The van der Waals surface area contributed by atoms with Crippen LogP contribution in [0.1, 0.15) is 108 Å².